The number of aliphatic hydroxyl groups excluding tert-OH is 2. The van der Waals surface area contributed by atoms with E-state index in [0.29, 0.717) is 13.0 Å². The summed E-state index contributed by atoms with van der Waals surface area (Å²) < 4.78 is 0. The summed E-state index contributed by atoms with van der Waals surface area (Å²) >= 11 is 0. The SMILES string of the molecule is CC(O)C1CN([O-])C1(C)CCO. The van der Waals surface area contributed by atoms with Gasteiger partial charge in [-0.05, 0) is 26.8 Å². The highest BCUT2D eigenvalue weighted by Gasteiger charge is 2.46. The van der Waals surface area contributed by atoms with Gasteiger partial charge in [0, 0.05) is 18.1 Å². The molecule has 0 aromatic heterocycles. The third kappa shape index (κ3) is 1.35. The lowest BCUT2D eigenvalue weighted by Gasteiger charge is -2.62. The highest BCUT2D eigenvalue weighted by Crippen LogP contribution is 2.39. The van der Waals surface area contributed by atoms with Gasteiger partial charge in [0.05, 0.1) is 6.10 Å². The Kier molecular flexibility index (Phi) is 2.73. The minimum atomic E-state index is -0.553. The van der Waals surface area contributed by atoms with Crippen LogP contribution in [0.5, 0.6) is 0 Å². The first-order valence-electron chi connectivity index (χ1n) is 4.26. The third-order valence-corrected chi connectivity index (χ3v) is 2.93. The monoisotopic (exact) mass is 174 g/mol. The molecule has 1 fully saturated rings. The fourth-order valence-corrected chi connectivity index (χ4v) is 1.86. The van der Waals surface area contributed by atoms with Crippen molar-refractivity contribution in [1.29, 1.82) is 0 Å². The topological polar surface area (TPSA) is 66.8 Å². The van der Waals surface area contributed by atoms with Gasteiger partial charge < -0.3 is 20.5 Å². The standard InChI is InChI=1S/C8H16NO3/c1-6(11)7-5-9(12)8(7,2)3-4-10/h6-7,10-11H,3-5H2,1-2H3/q-1. The summed E-state index contributed by atoms with van der Waals surface area (Å²) in [7, 11) is 0. The molecule has 4 nitrogen and oxygen atoms in total. The summed E-state index contributed by atoms with van der Waals surface area (Å²) in [6.07, 6.45) is -0.0294. The van der Waals surface area contributed by atoms with Crippen molar-refractivity contribution < 1.29 is 10.2 Å². The van der Waals surface area contributed by atoms with Crippen LogP contribution in [0.3, 0.4) is 0 Å². The first-order chi connectivity index (χ1) is 5.52. The first-order valence-corrected chi connectivity index (χ1v) is 4.26. The van der Waals surface area contributed by atoms with Crippen molar-refractivity contribution in [2.45, 2.75) is 31.9 Å². The van der Waals surface area contributed by atoms with Crippen LogP contribution in [-0.2, 0) is 0 Å². The van der Waals surface area contributed by atoms with E-state index >= 15 is 0 Å². The minimum absolute atomic E-state index is 0.00153. The molecular weight excluding hydrogens is 158 g/mol. The van der Waals surface area contributed by atoms with Crippen LogP contribution in [0.25, 0.3) is 0 Å². The summed E-state index contributed by atoms with van der Waals surface area (Å²) in [5.41, 5.74) is -0.553. The normalized spacial score (nSPS) is 39.2. The van der Waals surface area contributed by atoms with Crippen molar-refractivity contribution in [3.8, 4) is 0 Å². The molecule has 1 saturated heterocycles. The van der Waals surface area contributed by atoms with Crippen molar-refractivity contribution >= 4 is 0 Å². The van der Waals surface area contributed by atoms with Crippen LogP contribution in [0, 0.1) is 11.1 Å². The quantitative estimate of drug-likeness (QED) is 0.629. The van der Waals surface area contributed by atoms with Crippen molar-refractivity contribution in [2.75, 3.05) is 13.2 Å². The molecule has 0 aliphatic carbocycles. The van der Waals surface area contributed by atoms with Crippen molar-refractivity contribution in [3.63, 3.8) is 0 Å². The van der Waals surface area contributed by atoms with Crippen molar-refractivity contribution in [3.05, 3.63) is 5.21 Å². The average Bonchev–Trinajstić information content (AvgIpc) is 2.00. The van der Waals surface area contributed by atoms with Gasteiger partial charge in [0.2, 0.25) is 0 Å². The van der Waals surface area contributed by atoms with Crippen LogP contribution < -0.4 is 0 Å². The van der Waals surface area contributed by atoms with E-state index in [9.17, 15) is 10.3 Å². The Labute approximate surface area is 72.4 Å². The fourth-order valence-electron chi connectivity index (χ4n) is 1.86. The highest BCUT2D eigenvalue weighted by atomic mass is 16.5. The zero-order chi connectivity index (χ0) is 9.35. The molecule has 0 amide bonds. The molecule has 1 rings (SSSR count). The van der Waals surface area contributed by atoms with Gasteiger partial charge in [-0.25, -0.2) is 0 Å². The van der Waals surface area contributed by atoms with Crippen LogP contribution in [0.1, 0.15) is 20.3 Å². The molecule has 0 radical (unpaired) electrons. The number of hydrogen-bond donors (Lipinski definition) is 2. The Hall–Kier alpha value is -0.160. The van der Waals surface area contributed by atoms with E-state index in [0.717, 1.165) is 5.06 Å². The first kappa shape index (κ1) is 9.92. The molecular formula is C8H16NO3-. The smallest absolute Gasteiger partial charge is 0.0569 e. The summed E-state index contributed by atoms with van der Waals surface area (Å²) in [5, 5.41) is 30.1. The van der Waals surface area contributed by atoms with E-state index in [1.165, 1.54) is 0 Å². The Bertz CT molecular complexity index is 162. The maximum absolute atomic E-state index is 11.2. The molecule has 2 N–H and O–H groups in total. The van der Waals surface area contributed by atoms with E-state index in [1.807, 2.05) is 0 Å². The van der Waals surface area contributed by atoms with E-state index in [2.05, 4.69) is 0 Å². The number of nitrogens with zero attached hydrogens (tertiary/aromatic N) is 1. The summed E-state index contributed by atoms with van der Waals surface area (Å²) in [5.74, 6) is 0.00199. The Morgan fingerprint density at radius 3 is 2.67 bits per heavy atom. The lowest BCUT2D eigenvalue weighted by atomic mass is 9.72. The van der Waals surface area contributed by atoms with E-state index in [-0.39, 0.29) is 12.5 Å². The molecule has 3 atom stereocenters. The van der Waals surface area contributed by atoms with Gasteiger partial charge >= 0.3 is 0 Å². The number of aliphatic hydroxyl groups is 2. The molecule has 0 saturated carbocycles. The van der Waals surface area contributed by atoms with E-state index in [4.69, 9.17) is 5.11 Å². The molecule has 1 aliphatic rings. The highest BCUT2D eigenvalue weighted by molar-refractivity contribution is 5.05. The largest absolute Gasteiger partial charge is 0.785 e. The van der Waals surface area contributed by atoms with Gasteiger partial charge in [0.1, 0.15) is 0 Å². The summed E-state index contributed by atoms with van der Waals surface area (Å²) in [6, 6.07) is 0. The molecule has 12 heavy (non-hydrogen) atoms. The predicted molar refractivity (Wildman–Crippen MR) is 45.4 cm³/mol. The Morgan fingerprint density at radius 2 is 2.33 bits per heavy atom. The van der Waals surface area contributed by atoms with E-state index in [1.54, 1.807) is 13.8 Å². The lowest BCUT2D eigenvalue weighted by Crippen LogP contribution is -2.66. The second kappa shape index (κ2) is 3.30. The van der Waals surface area contributed by atoms with Crippen molar-refractivity contribution in [1.82, 2.24) is 5.06 Å². The molecule has 1 heterocycles. The molecule has 3 unspecified atom stereocenters. The fraction of sp³-hybridized carbons (Fsp3) is 1.00. The van der Waals surface area contributed by atoms with Gasteiger partial charge in [-0.1, -0.05) is 0 Å². The van der Waals surface area contributed by atoms with Crippen LogP contribution in [-0.4, -0.2) is 40.1 Å². The second-order valence-electron chi connectivity index (χ2n) is 3.74. The van der Waals surface area contributed by atoms with Gasteiger partial charge in [0.25, 0.3) is 0 Å². The number of hydrogen-bond acceptors (Lipinski definition) is 4. The third-order valence-electron chi connectivity index (χ3n) is 2.93. The summed E-state index contributed by atoms with van der Waals surface area (Å²) in [4.78, 5) is 0. The average molecular weight is 174 g/mol. The molecule has 4 heteroatoms. The molecule has 0 spiro atoms. The maximum Gasteiger partial charge on any atom is 0.0569 e. The zero-order valence-electron chi connectivity index (χ0n) is 7.53. The van der Waals surface area contributed by atoms with Gasteiger partial charge in [-0.2, -0.15) is 0 Å². The predicted octanol–water partition coefficient (Wildman–Crippen LogP) is -0.0621. The molecule has 0 aromatic rings. The molecule has 0 aromatic carbocycles. The maximum atomic E-state index is 11.2. The second-order valence-corrected chi connectivity index (χ2v) is 3.74. The molecule has 0 bridgehead atoms. The summed E-state index contributed by atoms with van der Waals surface area (Å²) in [6.45, 7) is 3.86. The van der Waals surface area contributed by atoms with Gasteiger partial charge in [-0.15, -0.1) is 0 Å². The van der Waals surface area contributed by atoms with Gasteiger partial charge in [-0.3, -0.25) is 0 Å². The number of rotatable bonds is 3. The van der Waals surface area contributed by atoms with Crippen LogP contribution >= 0.6 is 0 Å². The Balaban J connectivity index is 2.58. The minimum Gasteiger partial charge on any atom is -0.785 e. The van der Waals surface area contributed by atoms with Crippen LogP contribution in [0.4, 0.5) is 0 Å². The molecule has 72 valence electrons. The Morgan fingerprint density at radius 1 is 1.75 bits per heavy atom. The van der Waals surface area contributed by atoms with Crippen LogP contribution in [0.2, 0.25) is 0 Å². The molecule has 1 aliphatic heterocycles. The van der Waals surface area contributed by atoms with E-state index < -0.39 is 11.6 Å². The van der Waals surface area contributed by atoms with Crippen molar-refractivity contribution in [2.24, 2.45) is 5.92 Å². The number of hydroxylamine groups is 2. The van der Waals surface area contributed by atoms with Gasteiger partial charge in [0.15, 0.2) is 0 Å². The van der Waals surface area contributed by atoms with Crippen LogP contribution in [0.15, 0.2) is 0 Å². The zero-order valence-corrected chi connectivity index (χ0v) is 7.53. The lowest BCUT2D eigenvalue weighted by molar-refractivity contribution is -0.0989.